The van der Waals surface area contributed by atoms with Crippen LogP contribution in [0.5, 0.6) is 0 Å². The summed E-state index contributed by atoms with van der Waals surface area (Å²) in [5, 5.41) is 20.1. The van der Waals surface area contributed by atoms with Gasteiger partial charge in [-0.3, -0.25) is 4.79 Å². The summed E-state index contributed by atoms with van der Waals surface area (Å²) in [6.07, 6.45) is 0. The molecule has 6 heteroatoms. The number of aryl methyl sites for hydroxylation is 1. The number of rotatable bonds is 5. The second-order valence-electron chi connectivity index (χ2n) is 5.32. The molecule has 0 bridgehead atoms. The first-order valence-electron chi connectivity index (χ1n) is 7.54. The Hall–Kier alpha value is -2.99. The van der Waals surface area contributed by atoms with Gasteiger partial charge in [0.05, 0.1) is 12.6 Å². The van der Waals surface area contributed by atoms with Crippen LogP contribution in [0.4, 0.5) is 0 Å². The second-order valence-corrected chi connectivity index (χ2v) is 5.32. The van der Waals surface area contributed by atoms with Crippen LogP contribution >= 0.6 is 0 Å². The lowest BCUT2D eigenvalue weighted by Crippen LogP contribution is -2.30. The summed E-state index contributed by atoms with van der Waals surface area (Å²) >= 11 is 0. The summed E-state index contributed by atoms with van der Waals surface area (Å²) in [7, 11) is 0. The largest absolute Gasteiger partial charge is 0.421 e. The third kappa shape index (κ3) is 3.49. The summed E-state index contributed by atoms with van der Waals surface area (Å²) in [6, 6.07) is 15.8. The van der Waals surface area contributed by atoms with Crippen molar-refractivity contribution in [3.8, 4) is 11.5 Å². The van der Waals surface area contributed by atoms with E-state index in [2.05, 4.69) is 15.5 Å². The fourth-order valence-electron chi connectivity index (χ4n) is 2.34. The van der Waals surface area contributed by atoms with Crippen molar-refractivity contribution in [2.45, 2.75) is 13.0 Å². The molecular weight excluding hydrogens is 306 g/mol. The molecule has 1 heterocycles. The predicted octanol–water partition coefficient (Wildman–Crippen LogP) is 2.51. The van der Waals surface area contributed by atoms with E-state index in [0.717, 1.165) is 11.1 Å². The van der Waals surface area contributed by atoms with Gasteiger partial charge in [0.1, 0.15) is 0 Å². The Morgan fingerprint density at radius 3 is 2.42 bits per heavy atom. The third-order valence-electron chi connectivity index (χ3n) is 3.61. The van der Waals surface area contributed by atoms with Crippen molar-refractivity contribution in [3.63, 3.8) is 0 Å². The average molecular weight is 323 g/mol. The van der Waals surface area contributed by atoms with E-state index in [9.17, 15) is 9.90 Å². The van der Waals surface area contributed by atoms with E-state index in [1.54, 1.807) is 31.2 Å². The molecule has 1 unspecified atom stereocenters. The third-order valence-corrected chi connectivity index (χ3v) is 3.61. The Morgan fingerprint density at radius 1 is 1.12 bits per heavy atom. The number of hydrogen-bond acceptors (Lipinski definition) is 5. The molecular formula is C18H17N3O3. The van der Waals surface area contributed by atoms with Gasteiger partial charge < -0.3 is 14.8 Å². The van der Waals surface area contributed by atoms with Gasteiger partial charge in [0, 0.05) is 18.1 Å². The molecule has 0 aliphatic carbocycles. The predicted molar refractivity (Wildman–Crippen MR) is 88.2 cm³/mol. The highest BCUT2D eigenvalue weighted by molar-refractivity contribution is 5.94. The summed E-state index contributed by atoms with van der Waals surface area (Å²) < 4.78 is 5.35. The number of amides is 1. The number of carbonyl (C=O) groups excluding carboxylic acids is 1. The molecule has 0 spiro atoms. The van der Waals surface area contributed by atoms with E-state index >= 15 is 0 Å². The molecule has 1 amide bonds. The number of aromatic nitrogens is 2. The molecule has 24 heavy (non-hydrogen) atoms. The van der Waals surface area contributed by atoms with E-state index in [4.69, 9.17) is 4.42 Å². The van der Waals surface area contributed by atoms with Gasteiger partial charge in [0.15, 0.2) is 0 Å². The molecule has 6 nitrogen and oxygen atoms in total. The standard InChI is InChI=1S/C18H17N3O3/c1-12-20-21-18(24-12)15-9-7-14(8-10-15)17(23)19-16(11-22)13-5-3-2-4-6-13/h2-10,16,22H,11H2,1H3,(H,19,23). The lowest BCUT2D eigenvalue weighted by molar-refractivity contribution is 0.0916. The molecule has 0 aliphatic heterocycles. The van der Waals surface area contributed by atoms with Crippen LogP contribution in [0, 0.1) is 6.92 Å². The zero-order valence-electron chi connectivity index (χ0n) is 13.1. The average Bonchev–Trinajstić information content (AvgIpc) is 3.07. The van der Waals surface area contributed by atoms with E-state index in [0.29, 0.717) is 17.3 Å². The van der Waals surface area contributed by atoms with Crippen LogP contribution < -0.4 is 5.32 Å². The van der Waals surface area contributed by atoms with Crippen LogP contribution in [0.2, 0.25) is 0 Å². The number of nitrogens with one attached hydrogen (secondary N) is 1. The maximum atomic E-state index is 12.4. The van der Waals surface area contributed by atoms with E-state index in [-0.39, 0.29) is 12.5 Å². The van der Waals surface area contributed by atoms with Crippen molar-refractivity contribution in [1.82, 2.24) is 15.5 Å². The summed E-state index contributed by atoms with van der Waals surface area (Å²) in [5.74, 6) is 0.642. The van der Waals surface area contributed by atoms with Gasteiger partial charge in [0.2, 0.25) is 11.8 Å². The van der Waals surface area contributed by atoms with Gasteiger partial charge in [-0.1, -0.05) is 30.3 Å². The lowest BCUT2D eigenvalue weighted by atomic mass is 10.1. The van der Waals surface area contributed by atoms with Crippen molar-refractivity contribution in [1.29, 1.82) is 0 Å². The molecule has 2 N–H and O–H groups in total. The number of aliphatic hydroxyl groups is 1. The fraction of sp³-hybridized carbons (Fsp3) is 0.167. The Kier molecular flexibility index (Phi) is 4.67. The van der Waals surface area contributed by atoms with Gasteiger partial charge >= 0.3 is 0 Å². The lowest BCUT2D eigenvalue weighted by Gasteiger charge is -2.16. The van der Waals surface area contributed by atoms with Crippen LogP contribution in [-0.4, -0.2) is 27.8 Å². The SMILES string of the molecule is Cc1nnc(-c2ccc(C(=O)NC(CO)c3ccccc3)cc2)o1. The first kappa shape index (κ1) is 15.9. The van der Waals surface area contributed by atoms with Gasteiger partial charge in [-0.2, -0.15) is 0 Å². The highest BCUT2D eigenvalue weighted by Gasteiger charge is 2.15. The maximum Gasteiger partial charge on any atom is 0.251 e. The molecule has 0 fully saturated rings. The molecule has 0 saturated carbocycles. The van der Waals surface area contributed by atoms with Gasteiger partial charge in [-0.05, 0) is 29.8 Å². The van der Waals surface area contributed by atoms with Gasteiger partial charge in [-0.15, -0.1) is 10.2 Å². The molecule has 1 atom stereocenters. The minimum atomic E-state index is -0.447. The summed E-state index contributed by atoms with van der Waals surface area (Å²) in [4.78, 5) is 12.4. The van der Waals surface area contributed by atoms with Crippen LogP contribution in [0.15, 0.2) is 59.0 Å². The Bertz CT molecular complexity index is 813. The smallest absolute Gasteiger partial charge is 0.251 e. The van der Waals surface area contributed by atoms with Crippen LogP contribution in [0.3, 0.4) is 0 Å². The molecule has 3 aromatic rings. The maximum absolute atomic E-state index is 12.4. The van der Waals surface area contributed by atoms with Crippen LogP contribution in [0.1, 0.15) is 27.9 Å². The Balaban J connectivity index is 1.73. The molecule has 0 aliphatic rings. The zero-order chi connectivity index (χ0) is 16.9. The summed E-state index contributed by atoms with van der Waals surface area (Å²) in [6.45, 7) is 1.55. The molecule has 122 valence electrons. The Morgan fingerprint density at radius 2 is 1.83 bits per heavy atom. The fourth-order valence-corrected chi connectivity index (χ4v) is 2.34. The first-order chi connectivity index (χ1) is 11.7. The van der Waals surface area contributed by atoms with Crippen molar-refractivity contribution in [2.24, 2.45) is 0 Å². The second kappa shape index (κ2) is 7.06. The van der Waals surface area contributed by atoms with E-state index in [1.165, 1.54) is 0 Å². The molecule has 0 radical (unpaired) electrons. The van der Waals surface area contributed by atoms with E-state index in [1.807, 2.05) is 30.3 Å². The monoisotopic (exact) mass is 323 g/mol. The van der Waals surface area contributed by atoms with Crippen molar-refractivity contribution < 1.29 is 14.3 Å². The molecule has 2 aromatic carbocycles. The number of nitrogens with zero attached hydrogens (tertiary/aromatic N) is 2. The molecule has 0 saturated heterocycles. The molecule has 3 rings (SSSR count). The van der Waals surface area contributed by atoms with Crippen molar-refractivity contribution in [2.75, 3.05) is 6.61 Å². The van der Waals surface area contributed by atoms with Crippen molar-refractivity contribution >= 4 is 5.91 Å². The normalized spacial score (nSPS) is 11.9. The highest BCUT2D eigenvalue weighted by Crippen LogP contribution is 2.19. The van der Waals surface area contributed by atoms with Crippen LogP contribution in [-0.2, 0) is 0 Å². The first-order valence-corrected chi connectivity index (χ1v) is 7.54. The van der Waals surface area contributed by atoms with Gasteiger partial charge in [0.25, 0.3) is 5.91 Å². The minimum Gasteiger partial charge on any atom is -0.421 e. The van der Waals surface area contributed by atoms with Gasteiger partial charge in [-0.25, -0.2) is 0 Å². The van der Waals surface area contributed by atoms with Crippen LogP contribution in [0.25, 0.3) is 11.5 Å². The molecule has 1 aromatic heterocycles. The van der Waals surface area contributed by atoms with E-state index < -0.39 is 6.04 Å². The number of carbonyl (C=O) groups is 1. The van der Waals surface area contributed by atoms with Crippen molar-refractivity contribution in [3.05, 3.63) is 71.6 Å². The number of benzene rings is 2. The summed E-state index contributed by atoms with van der Waals surface area (Å²) in [5.41, 5.74) is 2.09. The number of aliphatic hydroxyl groups excluding tert-OH is 1. The topological polar surface area (TPSA) is 88.2 Å². The number of hydrogen-bond donors (Lipinski definition) is 2. The zero-order valence-corrected chi connectivity index (χ0v) is 13.1. The highest BCUT2D eigenvalue weighted by atomic mass is 16.4. The minimum absolute atomic E-state index is 0.172. The quantitative estimate of drug-likeness (QED) is 0.753. The Labute approximate surface area is 139 Å².